The van der Waals surface area contributed by atoms with Gasteiger partial charge in [-0.15, -0.1) is 0 Å². The Kier molecular flexibility index (Phi) is 17.7. The molecule has 0 aliphatic heterocycles. The van der Waals surface area contributed by atoms with Gasteiger partial charge in [-0.3, -0.25) is 0 Å². The minimum absolute atomic E-state index is 0. The van der Waals surface area contributed by atoms with Gasteiger partial charge in [-0.05, 0) is 50.7 Å². The Morgan fingerprint density at radius 1 is 0.667 bits per heavy atom. The number of aromatic carboxylic acids is 2. The normalized spacial score (nSPS) is 12.1. The first-order chi connectivity index (χ1) is 17.9. The summed E-state index contributed by atoms with van der Waals surface area (Å²) < 4.78 is 0. The second-order valence-corrected chi connectivity index (χ2v) is 10.6. The van der Waals surface area contributed by atoms with Gasteiger partial charge < -0.3 is 20.4 Å². The maximum atomic E-state index is 12.1. The number of carbonyl (C=O) groups is 2. The molecule has 0 aliphatic rings. The summed E-state index contributed by atoms with van der Waals surface area (Å²) in [5, 5.41) is 42.3. The topological polar surface area (TPSA) is 121 Å². The van der Waals surface area contributed by atoms with Crippen molar-refractivity contribution in [1.82, 2.24) is 0 Å². The molecule has 0 spiro atoms. The van der Waals surface area contributed by atoms with Crippen LogP contribution in [0.15, 0.2) is 24.3 Å². The minimum Gasteiger partial charge on any atom is -0.872 e. The summed E-state index contributed by atoms with van der Waals surface area (Å²) >= 11 is 0. The number of unbranched alkanes of at least 4 members (excludes halogenated alkanes) is 6. The van der Waals surface area contributed by atoms with Gasteiger partial charge in [-0.25, -0.2) is 9.59 Å². The van der Waals surface area contributed by atoms with Gasteiger partial charge in [0.1, 0.15) is 0 Å². The fraction of sp³-hybridized carbons (Fsp3) is 0.562. The molecule has 212 valence electrons. The summed E-state index contributed by atoms with van der Waals surface area (Å²) in [5.74, 6) is -2.65. The van der Waals surface area contributed by atoms with Crippen molar-refractivity contribution in [2.45, 2.75) is 118 Å². The van der Waals surface area contributed by atoms with Gasteiger partial charge in [0.05, 0.1) is 11.1 Å². The van der Waals surface area contributed by atoms with Crippen LogP contribution in [-0.2, 0) is 19.5 Å². The molecule has 2 rings (SSSR count). The SMILES string of the molecule is CCCCCCC(C)c1cc(C)cc(C(=O)O)c1[O-].CCCCCCC(C)c1cc(C)cc(C(=O)O)c1[O-].[Zn+2]. The third kappa shape index (κ3) is 12.1. The van der Waals surface area contributed by atoms with Crippen molar-refractivity contribution in [1.29, 1.82) is 0 Å². The van der Waals surface area contributed by atoms with Gasteiger partial charge >= 0.3 is 31.4 Å². The van der Waals surface area contributed by atoms with Crippen LogP contribution in [0.5, 0.6) is 11.5 Å². The van der Waals surface area contributed by atoms with Crippen molar-refractivity contribution < 1.29 is 49.5 Å². The molecule has 0 bridgehead atoms. The van der Waals surface area contributed by atoms with Crippen LogP contribution in [-0.4, -0.2) is 22.2 Å². The Balaban J connectivity index is 0.000000722. The van der Waals surface area contributed by atoms with Crippen LogP contribution in [0.25, 0.3) is 0 Å². The van der Waals surface area contributed by atoms with Crippen LogP contribution >= 0.6 is 0 Å². The Hall–Kier alpha value is -2.40. The van der Waals surface area contributed by atoms with E-state index in [1.165, 1.54) is 50.7 Å². The molecule has 0 heterocycles. The fourth-order valence-electron chi connectivity index (χ4n) is 4.72. The summed E-state index contributed by atoms with van der Waals surface area (Å²) in [4.78, 5) is 22.1. The molecule has 2 unspecified atom stereocenters. The summed E-state index contributed by atoms with van der Waals surface area (Å²) in [7, 11) is 0. The molecule has 0 aromatic heterocycles. The van der Waals surface area contributed by atoms with E-state index in [2.05, 4.69) is 13.8 Å². The number of hydrogen-bond donors (Lipinski definition) is 2. The average Bonchev–Trinajstić information content (AvgIpc) is 2.86. The summed E-state index contributed by atoms with van der Waals surface area (Å²) in [6.45, 7) is 12.0. The quantitative estimate of drug-likeness (QED) is 0.172. The number of carboxylic acids is 2. The van der Waals surface area contributed by atoms with E-state index in [1.807, 2.05) is 39.8 Å². The standard InChI is InChI=1S/2C16H24O3.Zn/c2*1-4-5-6-7-8-12(3)13-9-11(2)10-14(15(13)17)16(18)19;/h2*9-10,12,17H,4-8H2,1-3H3,(H,18,19);/q;;+2/p-2. The van der Waals surface area contributed by atoms with E-state index in [1.54, 1.807) is 0 Å². The van der Waals surface area contributed by atoms with Gasteiger partial charge in [0.15, 0.2) is 0 Å². The van der Waals surface area contributed by atoms with Gasteiger partial charge in [0.25, 0.3) is 0 Å². The number of aryl methyl sites for hydroxylation is 2. The van der Waals surface area contributed by atoms with Crippen molar-refractivity contribution in [2.75, 3.05) is 0 Å². The first-order valence-electron chi connectivity index (χ1n) is 14.0. The van der Waals surface area contributed by atoms with Crippen molar-refractivity contribution in [2.24, 2.45) is 0 Å². The Morgan fingerprint density at radius 2 is 1.00 bits per heavy atom. The molecule has 0 radical (unpaired) electrons. The Morgan fingerprint density at radius 3 is 1.28 bits per heavy atom. The number of rotatable bonds is 14. The Bertz CT molecular complexity index is 966. The molecule has 7 heteroatoms. The molecule has 0 saturated heterocycles. The summed E-state index contributed by atoms with van der Waals surface area (Å²) in [6, 6.07) is 6.58. The first-order valence-corrected chi connectivity index (χ1v) is 14.0. The van der Waals surface area contributed by atoms with Crippen molar-refractivity contribution in [3.05, 3.63) is 57.6 Å². The van der Waals surface area contributed by atoms with Crippen LogP contribution in [0.4, 0.5) is 0 Å². The van der Waals surface area contributed by atoms with Crippen LogP contribution < -0.4 is 10.2 Å². The molecule has 0 fully saturated rings. The van der Waals surface area contributed by atoms with Gasteiger partial charge in [0.2, 0.25) is 0 Å². The number of benzene rings is 2. The van der Waals surface area contributed by atoms with Gasteiger partial charge in [0, 0.05) is 0 Å². The second kappa shape index (κ2) is 18.8. The molecule has 6 nitrogen and oxygen atoms in total. The molecular weight excluding hydrogens is 546 g/mol. The number of carboxylic acid groups (broad SMARTS) is 2. The van der Waals surface area contributed by atoms with Crippen LogP contribution in [0.2, 0.25) is 0 Å². The predicted octanol–water partition coefficient (Wildman–Crippen LogP) is 7.68. The largest absolute Gasteiger partial charge is 2.00 e. The predicted molar refractivity (Wildman–Crippen MR) is 150 cm³/mol. The third-order valence-corrected chi connectivity index (χ3v) is 7.03. The molecule has 2 aromatic carbocycles. The van der Waals surface area contributed by atoms with Crippen molar-refractivity contribution in [3.8, 4) is 11.5 Å². The van der Waals surface area contributed by atoms with Crippen molar-refractivity contribution in [3.63, 3.8) is 0 Å². The molecular formula is C32H46O6Zn. The Labute approximate surface area is 247 Å². The van der Waals surface area contributed by atoms with Gasteiger partial charge in [-0.2, -0.15) is 0 Å². The van der Waals surface area contributed by atoms with E-state index in [-0.39, 0.29) is 53.9 Å². The number of hydrogen-bond acceptors (Lipinski definition) is 4. The molecule has 39 heavy (non-hydrogen) atoms. The molecule has 2 N–H and O–H groups in total. The molecule has 0 saturated carbocycles. The zero-order valence-electron chi connectivity index (χ0n) is 24.8. The summed E-state index contributed by atoms with van der Waals surface area (Å²) in [5.41, 5.74) is 2.77. The van der Waals surface area contributed by atoms with E-state index in [0.29, 0.717) is 11.1 Å². The van der Waals surface area contributed by atoms with E-state index in [0.717, 1.165) is 36.8 Å². The minimum atomic E-state index is -1.13. The van der Waals surface area contributed by atoms with Crippen molar-refractivity contribution >= 4 is 11.9 Å². The molecule has 0 amide bonds. The monoisotopic (exact) mass is 590 g/mol. The summed E-state index contributed by atoms with van der Waals surface area (Å²) in [6.07, 6.45) is 11.2. The third-order valence-electron chi connectivity index (χ3n) is 7.03. The zero-order chi connectivity index (χ0) is 28.8. The smallest absolute Gasteiger partial charge is 0.872 e. The van der Waals surface area contributed by atoms with E-state index < -0.39 is 11.9 Å². The van der Waals surface area contributed by atoms with Gasteiger partial charge in [-0.1, -0.05) is 125 Å². The average molecular weight is 592 g/mol. The second-order valence-electron chi connectivity index (χ2n) is 10.6. The van der Waals surface area contributed by atoms with Crippen LogP contribution in [0, 0.1) is 13.8 Å². The van der Waals surface area contributed by atoms with E-state index >= 15 is 0 Å². The molecule has 0 aliphatic carbocycles. The van der Waals surface area contributed by atoms with E-state index in [4.69, 9.17) is 10.2 Å². The maximum absolute atomic E-state index is 12.1. The van der Waals surface area contributed by atoms with Crippen LogP contribution in [0.1, 0.15) is 147 Å². The van der Waals surface area contributed by atoms with Crippen LogP contribution in [0.3, 0.4) is 0 Å². The fourth-order valence-corrected chi connectivity index (χ4v) is 4.72. The first kappa shape index (κ1) is 36.6. The molecule has 2 atom stereocenters. The van der Waals surface area contributed by atoms with E-state index in [9.17, 15) is 19.8 Å². The molecule has 2 aromatic rings. The maximum Gasteiger partial charge on any atom is 2.00 e. The zero-order valence-corrected chi connectivity index (χ0v) is 27.7.